The van der Waals surface area contributed by atoms with E-state index in [0.717, 1.165) is 51.0 Å². The minimum Gasteiger partial charge on any atom is -0.497 e. The highest BCUT2D eigenvalue weighted by molar-refractivity contribution is 8.01. The zero-order valence-electron chi connectivity index (χ0n) is 19.0. The van der Waals surface area contributed by atoms with Gasteiger partial charge in [-0.1, -0.05) is 11.6 Å². The molecule has 34 heavy (non-hydrogen) atoms. The summed E-state index contributed by atoms with van der Waals surface area (Å²) in [5, 5.41) is 24.5. The Bertz CT molecular complexity index is 1130. The van der Waals surface area contributed by atoms with Gasteiger partial charge in [0.25, 0.3) is 0 Å². The Hall–Kier alpha value is -1.84. The number of nitrogens with zero attached hydrogens (tertiary/aromatic N) is 2. The lowest BCUT2D eigenvalue weighted by molar-refractivity contribution is -0.146. The third-order valence-corrected chi connectivity index (χ3v) is 9.29. The third kappa shape index (κ3) is 6.04. The molecule has 182 valence electrons. The largest absolute Gasteiger partial charge is 0.497 e. The van der Waals surface area contributed by atoms with Gasteiger partial charge in [-0.05, 0) is 73.0 Å². The third-order valence-electron chi connectivity index (χ3n) is 6.53. The van der Waals surface area contributed by atoms with E-state index < -0.39 is 18.0 Å². The average molecular weight is 521 g/mol. The van der Waals surface area contributed by atoms with E-state index in [0.29, 0.717) is 25.1 Å². The van der Waals surface area contributed by atoms with Crippen molar-refractivity contribution in [3.05, 3.63) is 52.5 Å². The quantitative estimate of drug-likeness (QED) is 0.337. The first-order valence-electron chi connectivity index (χ1n) is 11.4. The number of halogens is 1. The van der Waals surface area contributed by atoms with E-state index in [1.165, 1.54) is 0 Å². The van der Waals surface area contributed by atoms with Crippen LogP contribution in [0.5, 0.6) is 5.75 Å². The predicted molar refractivity (Wildman–Crippen MR) is 138 cm³/mol. The summed E-state index contributed by atoms with van der Waals surface area (Å²) >= 11 is 9.52. The van der Waals surface area contributed by atoms with Crippen LogP contribution in [0.2, 0.25) is 5.02 Å². The number of thiophene rings is 1. The Balaban J connectivity index is 1.34. The van der Waals surface area contributed by atoms with Gasteiger partial charge in [-0.2, -0.15) is 0 Å². The van der Waals surface area contributed by atoms with Crippen LogP contribution in [0.1, 0.15) is 30.9 Å². The van der Waals surface area contributed by atoms with Gasteiger partial charge in [-0.3, -0.25) is 9.78 Å². The van der Waals surface area contributed by atoms with Gasteiger partial charge in [0.15, 0.2) is 0 Å². The average Bonchev–Trinajstić information content (AvgIpc) is 3.26. The number of ether oxygens (including phenoxy) is 1. The normalized spacial score (nSPS) is 19.9. The van der Waals surface area contributed by atoms with Gasteiger partial charge < -0.3 is 19.8 Å². The zero-order chi connectivity index (χ0) is 24.1. The van der Waals surface area contributed by atoms with Crippen molar-refractivity contribution in [3.63, 3.8) is 0 Å². The number of carbonyl (C=O) groups is 1. The number of aromatic nitrogens is 1. The summed E-state index contributed by atoms with van der Waals surface area (Å²) in [6.45, 7) is 2.26. The Morgan fingerprint density at radius 2 is 2.24 bits per heavy atom. The van der Waals surface area contributed by atoms with Gasteiger partial charge in [0.2, 0.25) is 0 Å². The Morgan fingerprint density at radius 3 is 2.97 bits per heavy atom. The van der Waals surface area contributed by atoms with Crippen molar-refractivity contribution in [2.75, 3.05) is 32.5 Å². The van der Waals surface area contributed by atoms with Crippen molar-refractivity contribution >= 4 is 51.6 Å². The van der Waals surface area contributed by atoms with Crippen molar-refractivity contribution in [1.82, 2.24) is 9.88 Å². The lowest BCUT2D eigenvalue weighted by atomic mass is 9.81. The highest BCUT2D eigenvalue weighted by Crippen LogP contribution is 2.35. The molecule has 1 fully saturated rings. The van der Waals surface area contributed by atoms with E-state index in [9.17, 15) is 15.0 Å². The van der Waals surface area contributed by atoms with Gasteiger partial charge in [-0.15, -0.1) is 23.1 Å². The number of carboxylic acids is 1. The molecule has 1 saturated heterocycles. The molecule has 0 unspecified atom stereocenters. The van der Waals surface area contributed by atoms with E-state index >= 15 is 0 Å². The number of fused-ring (bicyclic) bond motifs is 1. The maximum absolute atomic E-state index is 12.0. The summed E-state index contributed by atoms with van der Waals surface area (Å²) < 4.78 is 6.44. The number of piperidine rings is 1. The first kappa shape index (κ1) is 25.3. The molecule has 3 aromatic rings. The molecule has 0 spiro atoms. The summed E-state index contributed by atoms with van der Waals surface area (Å²) in [4.78, 5) is 18.7. The van der Waals surface area contributed by atoms with Gasteiger partial charge in [0, 0.05) is 30.4 Å². The van der Waals surface area contributed by atoms with Crippen molar-refractivity contribution < 1.29 is 19.7 Å². The van der Waals surface area contributed by atoms with Crippen LogP contribution in [0.3, 0.4) is 0 Å². The lowest BCUT2D eigenvalue weighted by Gasteiger charge is -2.36. The number of aliphatic carboxylic acids is 1. The van der Waals surface area contributed by atoms with E-state index in [4.69, 9.17) is 16.3 Å². The zero-order valence-corrected chi connectivity index (χ0v) is 21.4. The van der Waals surface area contributed by atoms with Crippen molar-refractivity contribution in [1.29, 1.82) is 0 Å². The van der Waals surface area contributed by atoms with E-state index in [2.05, 4.69) is 9.88 Å². The molecule has 0 aliphatic carbocycles. The highest BCUT2D eigenvalue weighted by atomic mass is 35.5. The summed E-state index contributed by atoms with van der Waals surface area (Å²) in [5.74, 6) is 0.467. The number of benzene rings is 1. The number of carboxylic acid groups (broad SMARTS) is 1. The molecule has 1 aromatic carbocycles. The predicted octanol–water partition coefficient (Wildman–Crippen LogP) is 5.59. The van der Waals surface area contributed by atoms with Crippen molar-refractivity contribution in [2.45, 2.75) is 29.6 Å². The molecule has 0 radical (unpaired) electrons. The van der Waals surface area contributed by atoms with Crippen LogP contribution in [0, 0.1) is 11.8 Å². The fourth-order valence-electron chi connectivity index (χ4n) is 4.64. The minimum absolute atomic E-state index is 0.0467. The molecule has 3 heterocycles. The van der Waals surface area contributed by atoms with Crippen LogP contribution in [-0.2, 0) is 4.79 Å². The number of hydrogen-bond acceptors (Lipinski definition) is 7. The summed E-state index contributed by atoms with van der Waals surface area (Å²) in [7, 11) is 1.61. The van der Waals surface area contributed by atoms with Crippen LogP contribution < -0.4 is 4.74 Å². The van der Waals surface area contributed by atoms with E-state index in [-0.39, 0.29) is 5.92 Å². The van der Waals surface area contributed by atoms with Gasteiger partial charge in [0.1, 0.15) is 5.75 Å². The Morgan fingerprint density at radius 1 is 1.38 bits per heavy atom. The first-order valence-corrected chi connectivity index (χ1v) is 13.6. The molecule has 6 nitrogen and oxygen atoms in total. The molecule has 1 aliphatic heterocycles. The number of methoxy groups -OCH3 is 1. The van der Waals surface area contributed by atoms with Crippen LogP contribution >= 0.6 is 34.7 Å². The van der Waals surface area contributed by atoms with Crippen LogP contribution in [0.25, 0.3) is 10.9 Å². The highest BCUT2D eigenvalue weighted by Gasteiger charge is 2.34. The number of rotatable bonds is 10. The van der Waals surface area contributed by atoms with Crippen LogP contribution in [0.15, 0.2) is 46.1 Å². The van der Waals surface area contributed by atoms with Gasteiger partial charge in [-0.25, -0.2) is 0 Å². The molecular formula is C25H29ClN2O4S2. The van der Waals surface area contributed by atoms with Crippen molar-refractivity contribution in [2.24, 2.45) is 11.8 Å². The molecule has 2 aromatic heterocycles. The van der Waals surface area contributed by atoms with Crippen molar-refractivity contribution in [3.8, 4) is 5.75 Å². The first-order chi connectivity index (χ1) is 16.5. The second-order valence-corrected chi connectivity index (χ2v) is 11.3. The number of likely N-dealkylation sites (tertiary alicyclic amines) is 1. The monoisotopic (exact) mass is 520 g/mol. The smallest absolute Gasteiger partial charge is 0.308 e. The fourth-order valence-corrected chi connectivity index (χ4v) is 7.01. The Kier molecular flexibility index (Phi) is 8.71. The molecule has 1 aliphatic rings. The van der Waals surface area contributed by atoms with Crippen LogP contribution in [0.4, 0.5) is 0 Å². The Labute approximate surface area is 212 Å². The molecule has 0 saturated carbocycles. The van der Waals surface area contributed by atoms with Gasteiger partial charge >= 0.3 is 5.97 Å². The maximum atomic E-state index is 12.0. The maximum Gasteiger partial charge on any atom is 0.308 e. The second-order valence-electron chi connectivity index (χ2n) is 8.57. The molecule has 3 atom stereocenters. The van der Waals surface area contributed by atoms with E-state index in [1.807, 2.05) is 35.7 Å². The summed E-state index contributed by atoms with van der Waals surface area (Å²) in [5.41, 5.74) is 1.60. The number of thioether (sulfide) groups is 1. The number of aliphatic hydroxyl groups is 1. The topological polar surface area (TPSA) is 82.9 Å². The number of pyridine rings is 1. The molecular weight excluding hydrogens is 492 g/mol. The SMILES string of the molecule is COc1ccc2nccc([C@@H](O)CC[C@@H]3CCN(CCSc4sccc4Cl)C[C@@H]3C(=O)O)c2c1. The lowest BCUT2D eigenvalue weighted by Crippen LogP contribution is -2.44. The molecule has 0 amide bonds. The second kappa shape index (κ2) is 11.7. The standard InChI is InChI=1S/C25H29ClN2O4S2/c1-32-17-3-4-22-19(14-17)18(6-9-27-22)23(29)5-2-16-7-10-28(15-20(16)24(30)31)11-13-34-25-21(26)8-12-33-25/h3-4,6,8-9,12,14,16,20,23,29H,2,5,7,10-11,13,15H2,1H3,(H,30,31)/t16-,20+,23+/m1/s1. The van der Waals surface area contributed by atoms with E-state index in [1.54, 1.807) is 36.4 Å². The van der Waals surface area contributed by atoms with Gasteiger partial charge in [0.05, 0.1) is 33.9 Å². The molecule has 4 rings (SSSR count). The molecule has 2 N–H and O–H groups in total. The summed E-state index contributed by atoms with van der Waals surface area (Å²) in [6.07, 6.45) is 3.01. The molecule has 0 bridgehead atoms. The number of aliphatic hydroxyl groups excluding tert-OH is 1. The van der Waals surface area contributed by atoms with Crippen LogP contribution in [-0.4, -0.2) is 58.6 Å². The molecule has 9 heteroatoms. The minimum atomic E-state index is -0.753. The fraction of sp³-hybridized carbons (Fsp3) is 0.440. The summed E-state index contributed by atoms with van der Waals surface area (Å²) in [6, 6.07) is 9.36. The number of hydrogen-bond donors (Lipinski definition) is 2.